The first-order valence-electron chi connectivity index (χ1n) is 6.70. The Morgan fingerprint density at radius 3 is 2.62 bits per heavy atom. The highest BCUT2D eigenvalue weighted by molar-refractivity contribution is 6.33. The molecule has 1 saturated heterocycles. The summed E-state index contributed by atoms with van der Waals surface area (Å²) in [5.41, 5.74) is 0.586. The molecule has 0 spiro atoms. The van der Waals surface area contributed by atoms with Gasteiger partial charge in [-0.2, -0.15) is 5.26 Å². The largest absolute Gasteiger partial charge is 0.374 e. The number of carbonyl (C=O) groups excluding carboxylic acids is 1. The Labute approximate surface area is 129 Å². The molecule has 2 rings (SSSR count). The van der Waals surface area contributed by atoms with E-state index in [1.165, 1.54) is 0 Å². The van der Waals surface area contributed by atoms with Crippen LogP contribution >= 0.6 is 11.6 Å². The number of anilines is 1. The molecule has 1 aromatic carbocycles. The quantitative estimate of drug-likeness (QED) is 0.685. The van der Waals surface area contributed by atoms with Gasteiger partial charge in [0.25, 0.3) is 5.91 Å². The van der Waals surface area contributed by atoms with E-state index in [9.17, 15) is 10.1 Å². The number of piperazine rings is 1. The van der Waals surface area contributed by atoms with E-state index in [0.29, 0.717) is 10.7 Å². The van der Waals surface area contributed by atoms with Gasteiger partial charge in [0.05, 0.1) is 10.7 Å². The summed E-state index contributed by atoms with van der Waals surface area (Å²) in [6.07, 6.45) is 1.62. The molecule has 1 aliphatic heterocycles. The molecular formula is C15H17ClN4O. The van der Waals surface area contributed by atoms with Gasteiger partial charge in [0.1, 0.15) is 11.6 Å². The van der Waals surface area contributed by atoms with E-state index in [1.54, 1.807) is 30.5 Å². The lowest BCUT2D eigenvalue weighted by Gasteiger charge is -2.31. The third-order valence-electron chi connectivity index (χ3n) is 3.34. The summed E-state index contributed by atoms with van der Waals surface area (Å²) in [6.45, 7) is 3.45. The Hall–Kier alpha value is -2.03. The molecule has 1 aromatic rings. The van der Waals surface area contributed by atoms with Gasteiger partial charge in [-0.3, -0.25) is 4.79 Å². The second-order valence-corrected chi connectivity index (χ2v) is 5.33. The third kappa shape index (κ3) is 4.22. The van der Waals surface area contributed by atoms with Crippen molar-refractivity contribution in [2.45, 2.75) is 0 Å². The molecule has 0 saturated carbocycles. The van der Waals surface area contributed by atoms with Crippen LogP contribution in [0.3, 0.4) is 0 Å². The number of nitriles is 1. The number of hydrogen-bond donors (Lipinski definition) is 1. The molecule has 5 nitrogen and oxygen atoms in total. The van der Waals surface area contributed by atoms with E-state index >= 15 is 0 Å². The highest BCUT2D eigenvalue weighted by Gasteiger charge is 2.15. The predicted octanol–water partition coefficient (Wildman–Crippen LogP) is 1.93. The van der Waals surface area contributed by atoms with E-state index in [4.69, 9.17) is 11.6 Å². The zero-order chi connectivity index (χ0) is 15.2. The Morgan fingerprint density at radius 2 is 2.00 bits per heavy atom. The minimum Gasteiger partial charge on any atom is -0.374 e. The first-order valence-corrected chi connectivity index (χ1v) is 7.08. The average molecular weight is 305 g/mol. The molecule has 0 radical (unpaired) electrons. The van der Waals surface area contributed by atoms with Crippen LogP contribution in [-0.4, -0.2) is 48.9 Å². The molecule has 1 N–H and O–H groups in total. The van der Waals surface area contributed by atoms with Gasteiger partial charge in [-0.15, -0.1) is 0 Å². The molecule has 1 fully saturated rings. The topological polar surface area (TPSA) is 59.4 Å². The molecule has 6 heteroatoms. The van der Waals surface area contributed by atoms with Gasteiger partial charge >= 0.3 is 0 Å². The lowest BCUT2D eigenvalue weighted by molar-refractivity contribution is -0.112. The van der Waals surface area contributed by atoms with Crippen molar-refractivity contribution < 1.29 is 4.79 Å². The van der Waals surface area contributed by atoms with Crippen molar-refractivity contribution in [3.8, 4) is 6.07 Å². The Balaban J connectivity index is 2.05. The molecule has 0 atom stereocenters. The molecule has 0 aliphatic carbocycles. The van der Waals surface area contributed by atoms with Crippen molar-refractivity contribution in [3.05, 3.63) is 41.1 Å². The predicted molar refractivity (Wildman–Crippen MR) is 82.8 cm³/mol. The number of nitrogens with one attached hydrogen (secondary N) is 1. The van der Waals surface area contributed by atoms with Gasteiger partial charge < -0.3 is 15.1 Å². The summed E-state index contributed by atoms with van der Waals surface area (Å²) >= 11 is 5.99. The zero-order valence-electron chi connectivity index (χ0n) is 11.8. The maximum absolute atomic E-state index is 12.1. The number of para-hydroxylation sites is 1. The van der Waals surface area contributed by atoms with E-state index in [1.807, 2.05) is 11.0 Å². The fourth-order valence-corrected chi connectivity index (χ4v) is 2.21. The van der Waals surface area contributed by atoms with Crippen LogP contribution < -0.4 is 5.32 Å². The van der Waals surface area contributed by atoms with Crippen LogP contribution in [0.4, 0.5) is 5.69 Å². The summed E-state index contributed by atoms with van der Waals surface area (Å²) in [4.78, 5) is 16.3. The normalized spacial score (nSPS) is 16.4. The van der Waals surface area contributed by atoms with E-state index in [0.717, 1.165) is 26.2 Å². The van der Waals surface area contributed by atoms with Gasteiger partial charge in [0, 0.05) is 32.4 Å². The Bertz CT molecular complexity index is 586. The smallest absolute Gasteiger partial charge is 0.267 e. The standard InChI is InChI=1S/C15H17ClN4O/c1-19-6-8-20(9-7-19)11-12(10-17)15(21)18-14-5-3-2-4-13(14)16/h2-5,11H,6-9H2,1H3,(H,18,21)/b12-11-. The lowest BCUT2D eigenvalue weighted by atomic mass is 10.2. The van der Waals surface area contributed by atoms with Crippen LogP contribution in [0, 0.1) is 11.3 Å². The minimum absolute atomic E-state index is 0.0828. The number of carbonyl (C=O) groups is 1. The van der Waals surface area contributed by atoms with Crippen molar-refractivity contribution in [2.24, 2.45) is 0 Å². The average Bonchev–Trinajstić information content (AvgIpc) is 2.49. The van der Waals surface area contributed by atoms with Crippen molar-refractivity contribution in [3.63, 3.8) is 0 Å². The van der Waals surface area contributed by atoms with Crippen molar-refractivity contribution in [1.82, 2.24) is 9.80 Å². The monoisotopic (exact) mass is 304 g/mol. The van der Waals surface area contributed by atoms with Crippen molar-refractivity contribution in [1.29, 1.82) is 5.26 Å². The van der Waals surface area contributed by atoms with E-state index < -0.39 is 5.91 Å². The number of likely N-dealkylation sites (N-methyl/N-ethyl adjacent to an activating group) is 1. The fourth-order valence-electron chi connectivity index (χ4n) is 2.02. The molecule has 1 aliphatic rings. The first-order chi connectivity index (χ1) is 10.1. The third-order valence-corrected chi connectivity index (χ3v) is 3.67. The summed E-state index contributed by atoms with van der Waals surface area (Å²) < 4.78 is 0. The van der Waals surface area contributed by atoms with Crippen molar-refractivity contribution in [2.75, 3.05) is 38.5 Å². The van der Waals surface area contributed by atoms with Crippen LogP contribution in [0.2, 0.25) is 5.02 Å². The molecule has 1 amide bonds. The summed E-state index contributed by atoms with van der Waals surface area (Å²) in [5, 5.41) is 12.3. The van der Waals surface area contributed by atoms with Crippen molar-refractivity contribution >= 4 is 23.2 Å². The molecule has 1 heterocycles. The molecular weight excluding hydrogens is 288 g/mol. The van der Waals surface area contributed by atoms with Crippen LogP contribution in [0.5, 0.6) is 0 Å². The van der Waals surface area contributed by atoms with E-state index in [-0.39, 0.29) is 5.57 Å². The number of nitrogens with zero attached hydrogens (tertiary/aromatic N) is 3. The Kier molecular flexibility index (Phi) is 5.20. The molecule has 21 heavy (non-hydrogen) atoms. The zero-order valence-corrected chi connectivity index (χ0v) is 12.6. The maximum Gasteiger partial charge on any atom is 0.267 e. The number of rotatable bonds is 3. The Morgan fingerprint density at radius 1 is 1.33 bits per heavy atom. The van der Waals surface area contributed by atoms with Gasteiger partial charge in [-0.1, -0.05) is 23.7 Å². The minimum atomic E-state index is -0.440. The van der Waals surface area contributed by atoms with Gasteiger partial charge in [0.15, 0.2) is 0 Å². The molecule has 0 aromatic heterocycles. The van der Waals surface area contributed by atoms with Gasteiger partial charge in [0.2, 0.25) is 0 Å². The second-order valence-electron chi connectivity index (χ2n) is 4.93. The van der Waals surface area contributed by atoms with Crippen LogP contribution in [0.25, 0.3) is 0 Å². The maximum atomic E-state index is 12.1. The summed E-state index contributed by atoms with van der Waals surface area (Å²) in [5.74, 6) is -0.440. The number of halogens is 1. The van der Waals surface area contributed by atoms with E-state index in [2.05, 4.69) is 17.3 Å². The van der Waals surface area contributed by atoms with Crippen LogP contribution in [0.1, 0.15) is 0 Å². The number of hydrogen-bond acceptors (Lipinski definition) is 4. The highest BCUT2D eigenvalue weighted by Crippen LogP contribution is 2.21. The number of amides is 1. The van der Waals surface area contributed by atoms with Crippen LogP contribution in [-0.2, 0) is 4.79 Å². The molecule has 0 unspecified atom stereocenters. The second kappa shape index (κ2) is 7.11. The first kappa shape index (κ1) is 15.4. The summed E-state index contributed by atoms with van der Waals surface area (Å²) in [7, 11) is 2.05. The lowest BCUT2D eigenvalue weighted by Crippen LogP contribution is -2.42. The highest BCUT2D eigenvalue weighted by atomic mass is 35.5. The summed E-state index contributed by atoms with van der Waals surface area (Å²) in [6, 6.07) is 8.89. The van der Waals surface area contributed by atoms with Crippen LogP contribution in [0.15, 0.2) is 36.0 Å². The molecule has 0 bridgehead atoms. The SMILES string of the molecule is CN1CCN(/C=C(/C#N)C(=O)Nc2ccccc2Cl)CC1. The molecule has 110 valence electrons. The number of benzene rings is 1. The fraction of sp³-hybridized carbons (Fsp3) is 0.333. The van der Waals surface area contributed by atoms with Gasteiger partial charge in [-0.25, -0.2) is 0 Å². The van der Waals surface area contributed by atoms with Gasteiger partial charge in [-0.05, 0) is 19.2 Å².